The zero-order chi connectivity index (χ0) is 25.0. The van der Waals surface area contributed by atoms with Gasteiger partial charge in [0.05, 0.1) is 11.1 Å². The SMILES string of the molecule is Cc1c(C#N)c(NC(=O)COC(=O)Cn2cc(C(F)(F)F)ccc2=O)n(-c2ccccc2)c1C. The van der Waals surface area contributed by atoms with Crippen LogP contribution in [-0.4, -0.2) is 27.6 Å². The van der Waals surface area contributed by atoms with Crippen molar-refractivity contribution >= 4 is 17.7 Å². The van der Waals surface area contributed by atoms with Crippen molar-refractivity contribution in [1.82, 2.24) is 9.13 Å². The first-order chi connectivity index (χ1) is 16.0. The average Bonchev–Trinajstić information content (AvgIpc) is 3.02. The summed E-state index contributed by atoms with van der Waals surface area (Å²) >= 11 is 0. The molecule has 1 N–H and O–H groups in total. The Morgan fingerprint density at radius 1 is 1.12 bits per heavy atom. The summed E-state index contributed by atoms with van der Waals surface area (Å²) in [5, 5.41) is 12.1. The first kappa shape index (κ1) is 24.3. The number of pyridine rings is 1. The molecule has 3 rings (SSSR count). The van der Waals surface area contributed by atoms with Crippen molar-refractivity contribution in [3.05, 3.63) is 81.4 Å². The molecule has 0 unspecified atom stereocenters. The minimum atomic E-state index is -4.69. The quantitative estimate of drug-likeness (QED) is 0.554. The second-order valence-corrected chi connectivity index (χ2v) is 7.31. The molecule has 0 atom stereocenters. The van der Waals surface area contributed by atoms with E-state index in [1.807, 2.05) is 12.1 Å². The zero-order valence-electron chi connectivity index (χ0n) is 18.1. The standard InChI is InChI=1S/C23H19F3N4O4/c1-14-15(2)30(17-6-4-3-5-7-17)22(18(14)10-27)28-19(31)13-34-21(33)12-29-11-16(23(24,25)26)8-9-20(29)32/h3-9,11H,12-13H2,1-2H3,(H,28,31). The average molecular weight is 472 g/mol. The molecule has 2 aromatic heterocycles. The number of nitrogens with zero attached hydrogens (tertiary/aromatic N) is 3. The number of carbonyl (C=O) groups is 2. The van der Waals surface area contributed by atoms with E-state index in [0.29, 0.717) is 34.1 Å². The number of amides is 1. The molecule has 11 heteroatoms. The van der Waals surface area contributed by atoms with Gasteiger partial charge in [-0.05, 0) is 37.6 Å². The fourth-order valence-corrected chi connectivity index (χ4v) is 3.28. The number of nitrogens with one attached hydrogen (secondary N) is 1. The molecule has 2 heterocycles. The molecule has 0 aliphatic carbocycles. The van der Waals surface area contributed by atoms with E-state index in [1.54, 1.807) is 42.7 Å². The van der Waals surface area contributed by atoms with E-state index in [2.05, 4.69) is 5.32 Å². The molecule has 8 nitrogen and oxygen atoms in total. The van der Waals surface area contributed by atoms with Crippen LogP contribution in [0, 0.1) is 25.2 Å². The topological polar surface area (TPSA) is 106 Å². The van der Waals surface area contributed by atoms with Crippen LogP contribution in [0.4, 0.5) is 19.0 Å². The first-order valence-electron chi connectivity index (χ1n) is 9.93. The van der Waals surface area contributed by atoms with Crippen LogP contribution in [-0.2, 0) is 27.0 Å². The second-order valence-electron chi connectivity index (χ2n) is 7.31. The predicted molar refractivity (Wildman–Crippen MR) is 115 cm³/mol. The molecular formula is C23H19F3N4O4. The molecule has 176 valence electrons. The second kappa shape index (κ2) is 9.66. The number of esters is 1. The molecule has 0 bridgehead atoms. The maximum Gasteiger partial charge on any atom is 0.417 e. The fraction of sp³-hybridized carbons (Fsp3) is 0.217. The highest BCUT2D eigenvalue weighted by Gasteiger charge is 2.31. The Hall–Kier alpha value is -4.33. The maximum absolute atomic E-state index is 12.8. The van der Waals surface area contributed by atoms with Crippen LogP contribution in [0.25, 0.3) is 5.69 Å². The molecular weight excluding hydrogens is 453 g/mol. The third kappa shape index (κ3) is 5.17. The molecule has 1 amide bonds. The van der Waals surface area contributed by atoms with E-state index in [1.165, 1.54) is 0 Å². The Kier molecular flexibility index (Phi) is 6.91. The monoisotopic (exact) mass is 472 g/mol. The van der Waals surface area contributed by atoms with Crippen LogP contribution in [0.5, 0.6) is 0 Å². The lowest BCUT2D eigenvalue weighted by atomic mass is 10.2. The lowest BCUT2D eigenvalue weighted by Crippen LogP contribution is -2.28. The normalized spacial score (nSPS) is 11.1. The number of aromatic nitrogens is 2. The van der Waals surface area contributed by atoms with E-state index in [9.17, 15) is 32.8 Å². The summed E-state index contributed by atoms with van der Waals surface area (Å²) in [5.74, 6) is -1.65. The number of carbonyl (C=O) groups excluding carboxylic acids is 2. The van der Waals surface area contributed by atoms with E-state index >= 15 is 0 Å². The highest BCUT2D eigenvalue weighted by molar-refractivity contribution is 5.94. The van der Waals surface area contributed by atoms with Gasteiger partial charge in [0.25, 0.3) is 11.5 Å². The minimum absolute atomic E-state index is 0.193. The van der Waals surface area contributed by atoms with Gasteiger partial charge in [-0.25, -0.2) is 0 Å². The third-order valence-corrected chi connectivity index (χ3v) is 5.07. The molecule has 0 aliphatic rings. The predicted octanol–water partition coefficient (Wildman–Crippen LogP) is 3.33. The molecule has 34 heavy (non-hydrogen) atoms. The van der Waals surface area contributed by atoms with Crippen molar-refractivity contribution in [2.24, 2.45) is 0 Å². The summed E-state index contributed by atoms with van der Waals surface area (Å²) in [4.78, 5) is 36.3. The van der Waals surface area contributed by atoms with Crippen molar-refractivity contribution in [1.29, 1.82) is 5.26 Å². The van der Waals surface area contributed by atoms with Gasteiger partial charge in [-0.3, -0.25) is 19.0 Å². The number of alkyl halides is 3. The van der Waals surface area contributed by atoms with Gasteiger partial charge in [0.1, 0.15) is 18.4 Å². The van der Waals surface area contributed by atoms with Crippen molar-refractivity contribution in [2.75, 3.05) is 11.9 Å². The van der Waals surface area contributed by atoms with Crippen LogP contribution in [0.1, 0.15) is 22.4 Å². The van der Waals surface area contributed by atoms with Gasteiger partial charge in [0, 0.05) is 23.6 Å². The van der Waals surface area contributed by atoms with Gasteiger partial charge < -0.3 is 14.6 Å². The highest BCUT2D eigenvalue weighted by Crippen LogP contribution is 2.30. The zero-order valence-corrected chi connectivity index (χ0v) is 18.1. The Morgan fingerprint density at radius 3 is 2.41 bits per heavy atom. The van der Waals surface area contributed by atoms with Crippen LogP contribution < -0.4 is 10.9 Å². The van der Waals surface area contributed by atoms with Gasteiger partial charge >= 0.3 is 12.1 Å². The Labute approximate surface area is 191 Å². The van der Waals surface area contributed by atoms with Crippen molar-refractivity contribution in [3.63, 3.8) is 0 Å². The summed E-state index contributed by atoms with van der Waals surface area (Å²) in [6, 6.07) is 12.3. The number of hydrogen-bond donors (Lipinski definition) is 1. The molecule has 1 aromatic carbocycles. The number of para-hydroxylation sites is 1. The summed E-state index contributed by atoms with van der Waals surface area (Å²) < 4.78 is 45.6. The van der Waals surface area contributed by atoms with E-state index < -0.39 is 42.3 Å². The fourth-order valence-electron chi connectivity index (χ4n) is 3.28. The van der Waals surface area contributed by atoms with Gasteiger partial charge in [-0.15, -0.1) is 0 Å². The van der Waals surface area contributed by atoms with Crippen molar-refractivity contribution in [3.8, 4) is 11.8 Å². The van der Waals surface area contributed by atoms with E-state index in [4.69, 9.17) is 4.74 Å². The van der Waals surface area contributed by atoms with Crippen LogP contribution in [0.15, 0.2) is 53.5 Å². The maximum atomic E-state index is 12.8. The Bertz CT molecular complexity index is 1340. The molecule has 0 radical (unpaired) electrons. The summed E-state index contributed by atoms with van der Waals surface area (Å²) in [6.45, 7) is 1.94. The van der Waals surface area contributed by atoms with Crippen LogP contribution in [0.3, 0.4) is 0 Å². The molecule has 0 saturated carbocycles. The summed E-state index contributed by atoms with van der Waals surface area (Å²) in [5.41, 5.74) is 0.368. The number of nitriles is 1. The Balaban J connectivity index is 1.73. The number of hydrogen-bond acceptors (Lipinski definition) is 5. The van der Waals surface area contributed by atoms with Crippen molar-refractivity contribution < 1.29 is 27.5 Å². The smallest absolute Gasteiger partial charge is 0.417 e. The lowest BCUT2D eigenvalue weighted by molar-refractivity contribution is -0.148. The number of benzene rings is 1. The summed E-state index contributed by atoms with van der Waals surface area (Å²) in [6.07, 6.45) is -4.19. The number of rotatable bonds is 6. The third-order valence-electron chi connectivity index (χ3n) is 5.07. The first-order valence-corrected chi connectivity index (χ1v) is 9.93. The van der Waals surface area contributed by atoms with Crippen molar-refractivity contribution in [2.45, 2.75) is 26.6 Å². The van der Waals surface area contributed by atoms with Crippen LogP contribution >= 0.6 is 0 Å². The highest BCUT2D eigenvalue weighted by atomic mass is 19.4. The number of anilines is 1. The van der Waals surface area contributed by atoms with Gasteiger partial charge in [-0.1, -0.05) is 18.2 Å². The summed E-state index contributed by atoms with van der Waals surface area (Å²) in [7, 11) is 0. The Morgan fingerprint density at radius 2 is 1.79 bits per heavy atom. The molecule has 0 aliphatic heterocycles. The number of ether oxygens (including phenoxy) is 1. The lowest BCUT2D eigenvalue weighted by Gasteiger charge is -2.13. The van der Waals surface area contributed by atoms with E-state index in [0.717, 1.165) is 5.69 Å². The van der Waals surface area contributed by atoms with Gasteiger partial charge in [-0.2, -0.15) is 18.4 Å². The van der Waals surface area contributed by atoms with Gasteiger partial charge in [0.15, 0.2) is 6.61 Å². The number of halogens is 3. The van der Waals surface area contributed by atoms with Gasteiger partial charge in [0.2, 0.25) is 0 Å². The molecule has 0 fully saturated rings. The van der Waals surface area contributed by atoms with E-state index in [-0.39, 0.29) is 11.4 Å². The molecule has 0 spiro atoms. The minimum Gasteiger partial charge on any atom is -0.454 e. The molecule has 0 saturated heterocycles. The van der Waals surface area contributed by atoms with Crippen LogP contribution in [0.2, 0.25) is 0 Å². The molecule has 3 aromatic rings. The largest absolute Gasteiger partial charge is 0.454 e.